The van der Waals surface area contributed by atoms with Gasteiger partial charge in [-0.2, -0.15) is 0 Å². The number of amides is 1. The minimum absolute atomic E-state index is 0.0211. The zero-order valence-electron chi connectivity index (χ0n) is 13.9. The van der Waals surface area contributed by atoms with Crippen LogP contribution in [-0.2, 0) is 0 Å². The number of hydrogen-bond acceptors (Lipinski definition) is 4. The molecular weight excluding hydrogens is 333 g/mol. The molecule has 130 valence electrons. The second-order valence-corrected chi connectivity index (χ2v) is 6.19. The fourth-order valence-corrected chi connectivity index (χ4v) is 2.42. The summed E-state index contributed by atoms with van der Waals surface area (Å²) in [6.45, 7) is 6.03. The van der Waals surface area contributed by atoms with Crippen LogP contribution in [0.25, 0.3) is 5.69 Å². The highest BCUT2D eigenvalue weighted by atomic mass is 35.5. The Bertz CT molecular complexity index is 742. The predicted molar refractivity (Wildman–Crippen MR) is 90.9 cm³/mol. The quantitative estimate of drug-likeness (QED) is 0.835. The Morgan fingerprint density at radius 2 is 2.08 bits per heavy atom. The van der Waals surface area contributed by atoms with Gasteiger partial charge in [0, 0.05) is 12.1 Å². The lowest BCUT2D eigenvalue weighted by molar-refractivity contribution is 0.0936. The number of benzene rings is 1. The first-order chi connectivity index (χ1) is 11.3. The van der Waals surface area contributed by atoms with Crippen molar-refractivity contribution in [3.63, 3.8) is 0 Å². The van der Waals surface area contributed by atoms with E-state index in [9.17, 15) is 9.18 Å². The first-order valence-electron chi connectivity index (χ1n) is 7.76. The summed E-state index contributed by atoms with van der Waals surface area (Å²) in [7, 11) is 0. The van der Waals surface area contributed by atoms with E-state index in [4.69, 9.17) is 17.3 Å². The molecule has 0 atom stereocenters. The monoisotopic (exact) mass is 353 g/mol. The van der Waals surface area contributed by atoms with Gasteiger partial charge in [0.15, 0.2) is 5.69 Å². The van der Waals surface area contributed by atoms with Gasteiger partial charge in [0.05, 0.1) is 16.4 Å². The van der Waals surface area contributed by atoms with Gasteiger partial charge in [-0.15, -0.1) is 5.10 Å². The lowest BCUT2D eigenvalue weighted by Gasteiger charge is -2.26. The van der Waals surface area contributed by atoms with Gasteiger partial charge in [-0.3, -0.25) is 4.79 Å². The van der Waals surface area contributed by atoms with Crippen LogP contribution in [0.15, 0.2) is 18.2 Å². The molecule has 1 aromatic heterocycles. The van der Waals surface area contributed by atoms with Crippen LogP contribution in [0.3, 0.4) is 0 Å². The molecule has 2 rings (SSSR count). The Labute approximate surface area is 145 Å². The molecule has 1 aromatic carbocycles. The molecule has 24 heavy (non-hydrogen) atoms. The Kier molecular flexibility index (Phi) is 5.56. The van der Waals surface area contributed by atoms with Crippen molar-refractivity contribution >= 4 is 17.5 Å². The van der Waals surface area contributed by atoms with E-state index < -0.39 is 11.4 Å². The molecule has 2 aromatic rings. The maximum Gasteiger partial charge on any atom is 0.273 e. The van der Waals surface area contributed by atoms with Crippen LogP contribution >= 0.6 is 11.6 Å². The standard InChI is InChI=1S/C16H21ClFN5O/c1-4-16(19,5-2)9-20-15(24)14-10(3)23(22-21-14)11-6-7-13(18)12(17)8-11/h6-8H,4-5,9,19H2,1-3H3,(H,20,24). The second-order valence-electron chi connectivity index (χ2n) is 5.79. The number of nitrogens with one attached hydrogen (secondary N) is 1. The molecule has 6 nitrogen and oxygen atoms in total. The van der Waals surface area contributed by atoms with Crippen LogP contribution < -0.4 is 11.1 Å². The Morgan fingerprint density at radius 1 is 1.42 bits per heavy atom. The molecule has 0 saturated heterocycles. The fraction of sp³-hybridized carbons (Fsp3) is 0.438. The maximum absolute atomic E-state index is 13.3. The van der Waals surface area contributed by atoms with E-state index in [0.717, 1.165) is 12.8 Å². The first kappa shape index (κ1) is 18.4. The molecule has 8 heteroatoms. The van der Waals surface area contributed by atoms with Crippen molar-refractivity contribution in [3.05, 3.63) is 40.4 Å². The molecule has 0 fully saturated rings. The summed E-state index contributed by atoms with van der Waals surface area (Å²) in [5.41, 5.74) is 7.00. The summed E-state index contributed by atoms with van der Waals surface area (Å²) >= 11 is 5.79. The van der Waals surface area contributed by atoms with E-state index in [1.165, 1.54) is 22.9 Å². The Morgan fingerprint density at radius 3 is 2.67 bits per heavy atom. The highest BCUT2D eigenvalue weighted by Crippen LogP contribution is 2.20. The summed E-state index contributed by atoms with van der Waals surface area (Å²) in [6.07, 6.45) is 1.51. The molecule has 0 spiro atoms. The van der Waals surface area contributed by atoms with E-state index >= 15 is 0 Å². The highest BCUT2D eigenvalue weighted by molar-refractivity contribution is 6.30. The van der Waals surface area contributed by atoms with Crippen LogP contribution in [0.1, 0.15) is 42.9 Å². The van der Waals surface area contributed by atoms with Gasteiger partial charge in [0.1, 0.15) is 5.82 Å². The molecule has 0 unspecified atom stereocenters. The lowest BCUT2D eigenvalue weighted by atomic mass is 9.94. The van der Waals surface area contributed by atoms with Crippen LogP contribution in [0.2, 0.25) is 5.02 Å². The summed E-state index contributed by atoms with van der Waals surface area (Å²) in [6, 6.07) is 4.19. The molecule has 0 radical (unpaired) electrons. The van der Waals surface area contributed by atoms with Gasteiger partial charge < -0.3 is 11.1 Å². The number of carbonyl (C=O) groups excluding carboxylic acids is 1. The number of aromatic nitrogens is 3. The van der Waals surface area contributed by atoms with Gasteiger partial charge >= 0.3 is 0 Å². The summed E-state index contributed by atoms with van der Waals surface area (Å²) in [5.74, 6) is -0.863. The van der Waals surface area contributed by atoms with Crippen molar-refractivity contribution in [2.24, 2.45) is 5.73 Å². The van der Waals surface area contributed by atoms with Gasteiger partial charge in [0.25, 0.3) is 5.91 Å². The zero-order valence-corrected chi connectivity index (χ0v) is 14.7. The van der Waals surface area contributed by atoms with Crippen LogP contribution in [-0.4, -0.2) is 33.0 Å². The average molecular weight is 354 g/mol. The van der Waals surface area contributed by atoms with Crippen LogP contribution in [0, 0.1) is 12.7 Å². The third kappa shape index (κ3) is 3.73. The number of rotatable bonds is 6. The van der Waals surface area contributed by atoms with Gasteiger partial charge in [-0.05, 0) is 38.0 Å². The fourth-order valence-electron chi connectivity index (χ4n) is 2.24. The Hall–Kier alpha value is -1.99. The van der Waals surface area contributed by atoms with Crippen LogP contribution in [0.5, 0.6) is 0 Å². The largest absolute Gasteiger partial charge is 0.349 e. The van der Waals surface area contributed by atoms with Crippen molar-refractivity contribution in [1.82, 2.24) is 20.3 Å². The van der Waals surface area contributed by atoms with E-state index in [1.54, 1.807) is 6.92 Å². The summed E-state index contributed by atoms with van der Waals surface area (Å²) in [4.78, 5) is 12.3. The highest BCUT2D eigenvalue weighted by Gasteiger charge is 2.23. The number of nitrogens with two attached hydrogens (primary N) is 1. The molecule has 0 bridgehead atoms. The van der Waals surface area contributed by atoms with E-state index in [0.29, 0.717) is 17.9 Å². The van der Waals surface area contributed by atoms with Crippen LogP contribution in [0.4, 0.5) is 4.39 Å². The first-order valence-corrected chi connectivity index (χ1v) is 8.14. The van der Waals surface area contributed by atoms with Gasteiger partial charge in [-0.1, -0.05) is 30.7 Å². The number of carbonyl (C=O) groups is 1. The van der Waals surface area contributed by atoms with Crippen molar-refractivity contribution in [2.45, 2.75) is 39.2 Å². The van der Waals surface area contributed by atoms with E-state index in [-0.39, 0.29) is 16.6 Å². The molecule has 1 heterocycles. The molecule has 1 amide bonds. The minimum atomic E-state index is -0.519. The predicted octanol–water partition coefficient (Wildman–Crippen LogP) is 2.62. The second kappa shape index (κ2) is 7.27. The third-order valence-electron chi connectivity index (χ3n) is 4.27. The van der Waals surface area contributed by atoms with Crippen molar-refractivity contribution < 1.29 is 9.18 Å². The van der Waals surface area contributed by atoms with Gasteiger partial charge in [-0.25, -0.2) is 9.07 Å². The number of nitrogens with zero attached hydrogens (tertiary/aromatic N) is 3. The molecule has 3 N–H and O–H groups in total. The Balaban J connectivity index is 2.20. The molecule has 0 saturated carbocycles. The SMILES string of the molecule is CCC(N)(CC)CNC(=O)c1nnn(-c2ccc(F)c(Cl)c2)c1C. The molecular formula is C16H21ClFN5O. The minimum Gasteiger partial charge on any atom is -0.349 e. The number of halogens is 2. The summed E-state index contributed by atoms with van der Waals surface area (Å²) in [5, 5.41) is 10.7. The molecule has 0 aliphatic rings. The van der Waals surface area contributed by atoms with Gasteiger partial charge in [0.2, 0.25) is 0 Å². The average Bonchev–Trinajstić information content (AvgIpc) is 2.96. The number of hydrogen-bond donors (Lipinski definition) is 2. The normalized spacial score (nSPS) is 11.6. The van der Waals surface area contributed by atoms with Crippen molar-refractivity contribution in [1.29, 1.82) is 0 Å². The maximum atomic E-state index is 13.3. The van der Waals surface area contributed by atoms with Crippen molar-refractivity contribution in [3.8, 4) is 5.69 Å². The molecule has 0 aliphatic heterocycles. The zero-order chi connectivity index (χ0) is 17.9. The molecule has 0 aliphatic carbocycles. The van der Waals surface area contributed by atoms with Crippen molar-refractivity contribution in [2.75, 3.05) is 6.54 Å². The third-order valence-corrected chi connectivity index (χ3v) is 4.56. The lowest BCUT2D eigenvalue weighted by Crippen LogP contribution is -2.49. The van der Waals surface area contributed by atoms with E-state index in [2.05, 4.69) is 15.6 Å². The topological polar surface area (TPSA) is 85.8 Å². The summed E-state index contributed by atoms with van der Waals surface area (Å²) < 4.78 is 14.7. The smallest absolute Gasteiger partial charge is 0.273 e. The van der Waals surface area contributed by atoms with E-state index in [1.807, 2.05) is 13.8 Å².